The fourth-order valence-corrected chi connectivity index (χ4v) is 2.91. The second-order valence-electron chi connectivity index (χ2n) is 6.78. The van der Waals surface area contributed by atoms with Crippen LogP contribution in [0.25, 0.3) is 0 Å². The topological polar surface area (TPSA) is 55.1 Å². The fourth-order valence-electron chi connectivity index (χ4n) is 2.47. The zero-order valence-corrected chi connectivity index (χ0v) is 13.9. The maximum Gasteiger partial charge on any atom is 0.252 e. The van der Waals surface area contributed by atoms with E-state index in [1.165, 1.54) is 0 Å². The number of hydrogen-bond acceptors (Lipinski definition) is 2. The molecule has 4 heteroatoms. The van der Waals surface area contributed by atoms with Crippen LogP contribution in [0.1, 0.15) is 51.4 Å². The molecule has 106 valence electrons. The number of nitrogens with two attached hydrogens (primary N) is 1. The van der Waals surface area contributed by atoms with Gasteiger partial charge in [-0.05, 0) is 53.7 Å². The SMILES string of the molecule is CC(C)(C)CC(C)(C)NC(=O)c1cccc(N)c1Br. The summed E-state index contributed by atoms with van der Waals surface area (Å²) >= 11 is 3.36. The highest BCUT2D eigenvalue weighted by Gasteiger charge is 2.28. The van der Waals surface area contributed by atoms with Gasteiger partial charge in [0.1, 0.15) is 0 Å². The van der Waals surface area contributed by atoms with Gasteiger partial charge in [-0.3, -0.25) is 4.79 Å². The number of carbonyl (C=O) groups is 1. The Morgan fingerprint density at radius 3 is 2.37 bits per heavy atom. The van der Waals surface area contributed by atoms with Crippen LogP contribution in [0.15, 0.2) is 22.7 Å². The number of hydrogen-bond donors (Lipinski definition) is 2. The zero-order chi connectivity index (χ0) is 14.8. The number of carbonyl (C=O) groups excluding carboxylic acids is 1. The predicted octanol–water partition coefficient (Wildman–Crippen LogP) is 3.98. The first-order chi connectivity index (χ1) is 8.52. The Morgan fingerprint density at radius 2 is 1.84 bits per heavy atom. The molecule has 0 aliphatic heterocycles. The third kappa shape index (κ3) is 4.86. The predicted molar refractivity (Wildman–Crippen MR) is 84.2 cm³/mol. The van der Waals surface area contributed by atoms with Crippen molar-refractivity contribution >= 4 is 27.5 Å². The summed E-state index contributed by atoms with van der Waals surface area (Å²) in [5.74, 6) is -0.103. The molecule has 1 aromatic rings. The average Bonchev–Trinajstić information content (AvgIpc) is 2.17. The third-order valence-electron chi connectivity index (χ3n) is 2.70. The summed E-state index contributed by atoms with van der Waals surface area (Å²) in [6.07, 6.45) is 0.895. The molecule has 1 rings (SSSR count). The minimum Gasteiger partial charge on any atom is -0.398 e. The van der Waals surface area contributed by atoms with Crippen molar-refractivity contribution in [2.75, 3.05) is 5.73 Å². The van der Waals surface area contributed by atoms with Crippen LogP contribution in [0.2, 0.25) is 0 Å². The lowest BCUT2D eigenvalue weighted by atomic mass is 9.81. The van der Waals surface area contributed by atoms with Crippen molar-refractivity contribution in [1.29, 1.82) is 0 Å². The van der Waals surface area contributed by atoms with Crippen LogP contribution in [0.3, 0.4) is 0 Å². The first kappa shape index (κ1) is 16.0. The van der Waals surface area contributed by atoms with E-state index < -0.39 is 0 Å². The Labute approximate surface area is 124 Å². The molecule has 3 nitrogen and oxygen atoms in total. The van der Waals surface area contributed by atoms with E-state index in [2.05, 4.69) is 42.0 Å². The lowest BCUT2D eigenvalue weighted by Crippen LogP contribution is -2.45. The van der Waals surface area contributed by atoms with Gasteiger partial charge in [0, 0.05) is 11.2 Å². The Kier molecular flexibility index (Phi) is 4.67. The van der Waals surface area contributed by atoms with Crippen molar-refractivity contribution in [2.24, 2.45) is 5.41 Å². The van der Waals surface area contributed by atoms with Gasteiger partial charge in [-0.2, -0.15) is 0 Å². The van der Waals surface area contributed by atoms with Crippen LogP contribution < -0.4 is 11.1 Å². The molecule has 1 amide bonds. The highest BCUT2D eigenvalue weighted by molar-refractivity contribution is 9.10. The quantitative estimate of drug-likeness (QED) is 0.825. The molecule has 0 atom stereocenters. The first-order valence-corrected chi connectivity index (χ1v) is 7.18. The number of nitrogen functional groups attached to an aromatic ring is 1. The van der Waals surface area contributed by atoms with Crippen LogP contribution in [0, 0.1) is 5.41 Å². The molecule has 0 unspecified atom stereocenters. The van der Waals surface area contributed by atoms with E-state index in [9.17, 15) is 4.79 Å². The number of amides is 1. The molecular weight excluding hydrogens is 304 g/mol. The smallest absolute Gasteiger partial charge is 0.252 e. The zero-order valence-electron chi connectivity index (χ0n) is 12.3. The van der Waals surface area contributed by atoms with Crippen LogP contribution in [0.5, 0.6) is 0 Å². The van der Waals surface area contributed by atoms with E-state index in [4.69, 9.17) is 5.73 Å². The maximum atomic E-state index is 12.3. The summed E-state index contributed by atoms with van der Waals surface area (Å²) in [7, 11) is 0. The Morgan fingerprint density at radius 1 is 1.26 bits per heavy atom. The summed E-state index contributed by atoms with van der Waals surface area (Å²) in [6, 6.07) is 5.32. The van der Waals surface area contributed by atoms with E-state index in [1.54, 1.807) is 18.2 Å². The van der Waals surface area contributed by atoms with Crippen LogP contribution in [-0.4, -0.2) is 11.4 Å². The number of anilines is 1. The minimum atomic E-state index is -0.265. The normalized spacial score (nSPS) is 12.3. The molecule has 0 saturated heterocycles. The summed E-state index contributed by atoms with van der Waals surface area (Å²) in [6.45, 7) is 10.6. The van der Waals surface area contributed by atoms with Gasteiger partial charge in [-0.1, -0.05) is 26.8 Å². The molecule has 0 fully saturated rings. The average molecular weight is 327 g/mol. The van der Waals surface area contributed by atoms with Gasteiger partial charge in [0.25, 0.3) is 5.91 Å². The molecule has 3 N–H and O–H groups in total. The second-order valence-corrected chi connectivity index (χ2v) is 7.58. The minimum absolute atomic E-state index is 0.103. The molecule has 1 aromatic carbocycles. The Hall–Kier alpha value is -1.03. The Balaban J connectivity index is 2.88. The monoisotopic (exact) mass is 326 g/mol. The molecule has 0 heterocycles. The van der Waals surface area contributed by atoms with Gasteiger partial charge in [-0.25, -0.2) is 0 Å². The standard InChI is InChI=1S/C15H23BrN2O/c1-14(2,3)9-15(4,5)18-13(19)10-7-6-8-11(17)12(10)16/h6-8H,9,17H2,1-5H3,(H,18,19). The van der Waals surface area contributed by atoms with Gasteiger partial charge in [0.05, 0.1) is 10.0 Å². The van der Waals surface area contributed by atoms with Crippen molar-refractivity contribution in [3.63, 3.8) is 0 Å². The van der Waals surface area contributed by atoms with E-state index in [1.807, 2.05) is 13.8 Å². The molecule has 0 saturated carbocycles. The number of nitrogens with one attached hydrogen (secondary N) is 1. The molecular formula is C15H23BrN2O. The lowest BCUT2D eigenvalue weighted by molar-refractivity contribution is 0.0890. The van der Waals surface area contributed by atoms with Gasteiger partial charge < -0.3 is 11.1 Å². The molecule has 0 spiro atoms. The number of halogens is 1. The van der Waals surface area contributed by atoms with E-state index in [0.717, 1.165) is 6.42 Å². The molecule has 0 radical (unpaired) electrons. The van der Waals surface area contributed by atoms with E-state index in [-0.39, 0.29) is 16.9 Å². The molecule has 0 bridgehead atoms. The maximum absolute atomic E-state index is 12.3. The van der Waals surface area contributed by atoms with Crippen molar-refractivity contribution in [1.82, 2.24) is 5.32 Å². The van der Waals surface area contributed by atoms with Crippen LogP contribution >= 0.6 is 15.9 Å². The summed E-state index contributed by atoms with van der Waals surface area (Å²) in [5.41, 5.74) is 6.83. The van der Waals surface area contributed by atoms with E-state index >= 15 is 0 Å². The van der Waals surface area contributed by atoms with Gasteiger partial charge >= 0.3 is 0 Å². The Bertz CT molecular complexity index is 476. The summed E-state index contributed by atoms with van der Waals surface area (Å²) in [5, 5.41) is 3.07. The highest BCUT2D eigenvalue weighted by Crippen LogP contribution is 2.28. The fraction of sp³-hybridized carbons (Fsp3) is 0.533. The van der Waals surface area contributed by atoms with Crippen molar-refractivity contribution < 1.29 is 4.79 Å². The molecule has 0 aromatic heterocycles. The highest BCUT2D eigenvalue weighted by atomic mass is 79.9. The lowest BCUT2D eigenvalue weighted by Gasteiger charge is -2.33. The van der Waals surface area contributed by atoms with Crippen LogP contribution in [0.4, 0.5) is 5.69 Å². The number of rotatable bonds is 3. The third-order valence-corrected chi connectivity index (χ3v) is 3.58. The van der Waals surface area contributed by atoms with E-state index in [0.29, 0.717) is 15.7 Å². The van der Waals surface area contributed by atoms with Gasteiger partial charge in [-0.15, -0.1) is 0 Å². The van der Waals surface area contributed by atoms with Gasteiger partial charge in [0.2, 0.25) is 0 Å². The summed E-state index contributed by atoms with van der Waals surface area (Å²) < 4.78 is 0.652. The van der Waals surface area contributed by atoms with Crippen LogP contribution in [-0.2, 0) is 0 Å². The number of benzene rings is 1. The molecule has 19 heavy (non-hydrogen) atoms. The van der Waals surface area contributed by atoms with Crippen molar-refractivity contribution in [2.45, 2.75) is 46.6 Å². The van der Waals surface area contributed by atoms with Crippen molar-refractivity contribution in [3.05, 3.63) is 28.2 Å². The summed E-state index contributed by atoms with van der Waals surface area (Å²) in [4.78, 5) is 12.3. The molecule has 0 aliphatic rings. The van der Waals surface area contributed by atoms with Crippen molar-refractivity contribution in [3.8, 4) is 0 Å². The molecule has 0 aliphatic carbocycles. The first-order valence-electron chi connectivity index (χ1n) is 6.38. The van der Waals surface area contributed by atoms with Gasteiger partial charge in [0.15, 0.2) is 0 Å². The second kappa shape index (κ2) is 5.53. The largest absolute Gasteiger partial charge is 0.398 e.